The highest BCUT2D eigenvalue weighted by Crippen LogP contribution is 2.14. The number of rotatable bonds is 3. The second kappa shape index (κ2) is 3.77. The Kier molecular flexibility index (Phi) is 3.69. The Bertz CT molecular complexity index is 95.1. The van der Waals surface area contributed by atoms with E-state index in [1.54, 1.807) is 0 Å². The lowest BCUT2D eigenvalue weighted by molar-refractivity contribution is 0.405. The molecule has 2 unspecified atom stereocenters. The van der Waals surface area contributed by atoms with E-state index >= 15 is 0 Å². The van der Waals surface area contributed by atoms with E-state index in [2.05, 4.69) is 25.9 Å². The Hall–Kier alpha value is -0.183. The summed E-state index contributed by atoms with van der Waals surface area (Å²) in [5, 5.41) is 3.02. The van der Waals surface area contributed by atoms with Crippen LogP contribution in [0.1, 0.15) is 20.8 Å². The van der Waals surface area contributed by atoms with E-state index in [4.69, 9.17) is 0 Å². The minimum absolute atomic E-state index is 0.102. The van der Waals surface area contributed by atoms with Crippen LogP contribution in [0.5, 0.6) is 0 Å². The van der Waals surface area contributed by atoms with E-state index in [-0.39, 0.29) is 5.67 Å². The van der Waals surface area contributed by atoms with Crippen molar-refractivity contribution in [1.82, 2.24) is 0 Å². The van der Waals surface area contributed by atoms with Crippen molar-refractivity contribution >= 4 is 10.2 Å². The molecule has 0 N–H and O–H groups in total. The van der Waals surface area contributed by atoms with Crippen LogP contribution >= 0.6 is 0 Å². The van der Waals surface area contributed by atoms with Gasteiger partial charge in [-0.2, -0.15) is 4.91 Å². The van der Waals surface area contributed by atoms with Crippen LogP contribution in [-0.4, -0.2) is 15.9 Å². The van der Waals surface area contributed by atoms with Gasteiger partial charge in [0, 0.05) is 10.2 Å². The number of hydrogen-bond donors (Lipinski definition) is 0. The molecule has 0 aromatic rings. The van der Waals surface area contributed by atoms with Crippen molar-refractivity contribution in [2.24, 2.45) is 17.0 Å². The highest BCUT2D eigenvalue weighted by atomic mass is 28.1. The maximum absolute atomic E-state index is 10.0. The summed E-state index contributed by atoms with van der Waals surface area (Å²) < 4.78 is 0. The van der Waals surface area contributed by atoms with Gasteiger partial charge in [0.25, 0.3) is 0 Å². The Balaban J connectivity index is 3.71. The van der Waals surface area contributed by atoms with Gasteiger partial charge < -0.3 is 0 Å². The summed E-state index contributed by atoms with van der Waals surface area (Å²) in [5.74, 6) is 1.05. The van der Waals surface area contributed by atoms with Crippen LogP contribution in [0.15, 0.2) is 5.18 Å². The Morgan fingerprint density at radius 1 is 1.33 bits per heavy atom. The largest absolute Gasteiger partial charge is 0.151 e. The molecular formula is C6H15NOSi. The molecule has 0 saturated heterocycles. The van der Waals surface area contributed by atoms with Crippen molar-refractivity contribution in [3.63, 3.8) is 0 Å². The maximum atomic E-state index is 10.0. The third-order valence-corrected chi connectivity index (χ3v) is 3.24. The quantitative estimate of drug-likeness (QED) is 0.425. The van der Waals surface area contributed by atoms with Crippen LogP contribution in [0.2, 0.25) is 0 Å². The lowest BCUT2D eigenvalue weighted by atomic mass is 9.98. The molecule has 2 atom stereocenters. The zero-order valence-electron chi connectivity index (χ0n) is 6.59. The van der Waals surface area contributed by atoms with Crippen molar-refractivity contribution in [3.8, 4) is 0 Å². The average molecular weight is 145 g/mol. The summed E-state index contributed by atoms with van der Waals surface area (Å²) >= 11 is 0. The lowest BCUT2D eigenvalue weighted by Gasteiger charge is -2.16. The van der Waals surface area contributed by atoms with Gasteiger partial charge in [-0.05, 0) is 11.8 Å². The first-order valence-electron chi connectivity index (χ1n) is 3.42. The third-order valence-electron chi connectivity index (χ3n) is 1.98. The topological polar surface area (TPSA) is 29.4 Å². The highest BCUT2D eigenvalue weighted by Gasteiger charge is 2.14. The molecule has 0 spiro atoms. The summed E-state index contributed by atoms with van der Waals surface area (Å²) in [6.07, 6.45) is 0. The Labute approximate surface area is 59.4 Å². The summed E-state index contributed by atoms with van der Waals surface area (Å²) in [5.41, 5.74) is 0.102. The molecule has 0 aromatic carbocycles. The average Bonchev–Trinajstić information content (AvgIpc) is 1.84. The van der Waals surface area contributed by atoms with Gasteiger partial charge in [0.05, 0.1) is 5.67 Å². The molecule has 3 heteroatoms. The van der Waals surface area contributed by atoms with Crippen molar-refractivity contribution in [2.45, 2.75) is 26.4 Å². The molecule has 0 bridgehead atoms. The molecule has 9 heavy (non-hydrogen) atoms. The molecule has 0 rings (SSSR count). The molecule has 0 aliphatic carbocycles. The van der Waals surface area contributed by atoms with E-state index in [0.717, 1.165) is 10.2 Å². The van der Waals surface area contributed by atoms with Crippen LogP contribution in [-0.2, 0) is 0 Å². The summed E-state index contributed by atoms with van der Waals surface area (Å²) in [6, 6.07) is 0. The van der Waals surface area contributed by atoms with Gasteiger partial charge in [0.2, 0.25) is 0 Å². The molecule has 0 saturated carbocycles. The van der Waals surface area contributed by atoms with Crippen molar-refractivity contribution in [3.05, 3.63) is 4.91 Å². The van der Waals surface area contributed by atoms with E-state index in [9.17, 15) is 4.91 Å². The van der Waals surface area contributed by atoms with Crippen LogP contribution < -0.4 is 0 Å². The molecule has 2 nitrogen and oxygen atoms in total. The zero-order valence-corrected chi connectivity index (χ0v) is 8.59. The van der Waals surface area contributed by atoms with Gasteiger partial charge in [-0.1, -0.05) is 25.9 Å². The van der Waals surface area contributed by atoms with Crippen LogP contribution in [0.25, 0.3) is 0 Å². The maximum Gasteiger partial charge on any atom is 0.0756 e. The van der Waals surface area contributed by atoms with Crippen LogP contribution in [0.3, 0.4) is 0 Å². The number of nitrogens with zero attached hydrogens (tertiary/aromatic N) is 1. The first kappa shape index (κ1) is 8.82. The van der Waals surface area contributed by atoms with Gasteiger partial charge in [-0.25, -0.2) is 0 Å². The molecule has 0 heterocycles. The van der Waals surface area contributed by atoms with Gasteiger partial charge >= 0.3 is 0 Å². The normalized spacial score (nSPS) is 17.8. The number of hydrogen-bond acceptors (Lipinski definition) is 2. The van der Waals surface area contributed by atoms with Gasteiger partial charge in [-0.15, -0.1) is 0 Å². The van der Waals surface area contributed by atoms with E-state index in [1.165, 1.54) is 0 Å². The van der Waals surface area contributed by atoms with Gasteiger partial charge in [-0.3, -0.25) is 0 Å². The fraction of sp³-hybridized carbons (Fsp3) is 1.00. The van der Waals surface area contributed by atoms with E-state index in [0.29, 0.717) is 11.8 Å². The first-order chi connectivity index (χ1) is 4.09. The molecule has 0 aliphatic heterocycles. The zero-order chi connectivity index (χ0) is 7.44. The predicted molar refractivity (Wildman–Crippen MR) is 43.5 cm³/mol. The molecular weight excluding hydrogens is 130 g/mol. The molecule has 0 fully saturated rings. The smallest absolute Gasteiger partial charge is 0.0756 e. The van der Waals surface area contributed by atoms with E-state index in [1.807, 2.05) is 0 Å². The minimum Gasteiger partial charge on any atom is -0.151 e. The summed E-state index contributed by atoms with van der Waals surface area (Å²) in [6.45, 7) is 6.34. The Morgan fingerprint density at radius 2 is 1.78 bits per heavy atom. The predicted octanol–water partition coefficient (Wildman–Crippen LogP) is 0.736. The SMILES string of the molecule is CC(C)C(C)C([SiH3])N=O. The molecule has 0 aliphatic rings. The molecule has 0 amide bonds. The minimum atomic E-state index is 0.102. The highest BCUT2D eigenvalue weighted by molar-refractivity contribution is 6.12. The third kappa shape index (κ3) is 2.74. The lowest BCUT2D eigenvalue weighted by Crippen LogP contribution is -2.20. The Morgan fingerprint density at radius 3 is 1.89 bits per heavy atom. The molecule has 54 valence electrons. The van der Waals surface area contributed by atoms with Gasteiger partial charge in [0.15, 0.2) is 0 Å². The van der Waals surface area contributed by atoms with Crippen molar-refractivity contribution in [1.29, 1.82) is 0 Å². The van der Waals surface area contributed by atoms with Crippen LogP contribution in [0.4, 0.5) is 0 Å². The molecule has 0 radical (unpaired) electrons. The fourth-order valence-electron chi connectivity index (χ4n) is 0.653. The van der Waals surface area contributed by atoms with Gasteiger partial charge in [0.1, 0.15) is 0 Å². The number of nitroso groups, excluding NO2 is 1. The monoisotopic (exact) mass is 145 g/mol. The second-order valence-electron chi connectivity index (χ2n) is 2.95. The summed E-state index contributed by atoms with van der Waals surface area (Å²) in [7, 11) is 0.892. The fourth-order valence-corrected chi connectivity index (χ4v) is 1.42. The van der Waals surface area contributed by atoms with Crippen molar-refractivity contribution in [2.75, 3.05) is 0 Å². The van der Waals surface area contributed by atoms with E-state index < -0.39 is 0 Å². The summed E-state index contributed by atoms with van der Waals surface area (Å²) in [4.78, 5) is 10.0. The van der Waals surface area contributed by atoms with Crippen LogP contribution in [0, 0.1) is 16.7 Å². The second-order valence-corrected chi connectivity index (χ2v) is 4.13. The van der Waals surface area contributed by atoms with Crippen molar-refractivity contribution < 1.29 is 0 Å². The first-order valence-corrected chi connectivity index (χ1v) is 4.57. The standard InChI is InChI=1S/C6H15NOSi/c1-4(2)5(3)6(9)7-8/h4-6H,1-3,9H3. The molecule has 0 aromatic heterocycles.